The highest BCUT2D eigenvalue weighted by molar-refractivity contribution is 7.27. The van der Waals surface area contributed by atoms with Gasteiger partial charge in [-0.1, -0.05) is 388 Å². The van der Waals surface area contributed by atoms with Gasteiger partial charge in [-0.3, -0.25) is 0 Å². The second kappa shape index (κ2) is 37.7. The maximum absolute atomic E-state index is 2.40. The van der Waals surface area contributed by atoms with Gasteiger partial charge in [0.15, 0.2) is 0 Å². The zero-order valence-electron chi connectivity index (χ0n) is 78.6. The van der Waals surface area contributed by atoms with Gasteiger partial charge in [-0.2, -0.15) is 0 Å². The molecule has 0 unspecified atom stereocenters. The van der Waals surface area contributed by atoms with Gasteiger partial charge in [-0.15, -0.1) is 34.0 Å². The maximum atomic E-state index is 2.40. The topological polar surface area (TPSA) is 9.72 Å². The summed E-state index contributed by atoms with van der Waals surface area (Å²) in [5, 5.41) is 23.7. The molecule has 3 aromatic heterocycles. The lowest BCUT2D eigenvalue weighted by atomic mass is 9.94. The fourth-order valence-electron chi connectivity index (χ4n) is 21.3. The van der Waals surface area contributed by atoms with Crippen molar-refractivity contribution >= 4 is 210 Å². The number of thiophene rings is 3. The Morgan fingerprint density at radius 3 is 0.583 bits per heavy atom. The van der Waals surface area contributed by atoms with Crippen LogP contribution in [0.5, 0.6) is 0 Å². The van der Waals surface area contributed by atoms with Crippen LogP contribution in [-0.4, -0.2) is 0 Å². The Labute approximate surface area is 848 Å². The molecule has 0 aliphatic heterocycles. The molecule has 25 aromatic carbocycles. The molecule has 3 heterocycles. The molecule has 6 heteroatoms. The molecule has 28 rings (SSSR count). The molecule has 0 saturated heterocycles. The van der Waals surface area contributed by atoms with E-state index in [1.165, 1.54) is 203 Å². The van der Waals surface area contributed by atoms with Crippen molar-refractivity contribution in [1.82, 2.24) is 0 Å². The van der Waals surface area contributed by atoms with Crippen LogP contribution in [0.1, 0.15) is 0 Å². The van der Waals surface area contributed by atoms with Gasteiger partial charge >= 0.3 is 0 Å². The summed E-state index contributed by atoms with van der Waals surface area (Å²) in [7, 11) is 0. The highest BCUT2D eigenvalue weighted by atomic mass is 32.1. The summed E-state index contributed by atoms with van der Waals surface area (Å²) in [5.74, 6) is 0. The molecule has 0 fully saturated rings. The normalized spacial score (nSPS) is 11.5. The second-order valence-corrected chi connectivity index (χ2v) is 40.1. The van der Waals surface area contributed by atoms with E-state index in [9.17, 15) is 0 Å². The lowest BCUT2D eigenvalue weighted by molar-refractivity contribution is 1.28. The molecule has 3 nitrogen and oxygen atoms in total. The van der Waals surface area contributed by atoms with Gasteiger partial charge in [-0.25, -0.2) is 0 Å². The second-order valence-electron chi connectivity index (χ2n) is 36.9. The van der Waals surface area contributed by atoms with Crippen LogP contribution in [0.25, 0.3) is 203 Å². The minimum Gasteiger partial charge on any atom is -0.311 e. The van der Waals surface area contributed by atoms with Crippen molar-refractivity contribution < 1.29 is 0 Å². The molecule has 144 heavy (non-hydrogen) atoms. The monoisotopic (exact) mass is 1890 g/mol. The van der Waals surface area contributed by atoms with E-state index in [2.05, 4.69) is 567 Å². The van der Waals surface area contributed by atoms with Crippen molar-refractivity contribution in [2.24, 2.45) is 0 Å². The molecule has 28 aromatic rings. The van der Waals surface area contributed by atoms with Crippen LogP contribution in [0, 0.1) is 0 Å². The van der Waals surface area contributed by atoms with Crippen LogP contribution in [0.15, 0.2) is 552 Å². The van der Waals surface area contributed by atoms with E-state index in [4.69, 9.17) is 0 Å². The Kier molecular flexibility index (Phi) is 22.6. The number of fused-ring (bicyclic) bond motifs is 21. The Balaban J connectivity index is 0.000000110. The van der Waals surface area contributed by atoms with Crippen molar-refractivity contribution in [2.45, 2.75) is 0 Å². The number of rotatable bonds is 16. The molecule has 0 spiro atoms. The van der Waals surface area contributed by atoms with Gasteiger partial charge in [0.2, 0.25) is 0 Å². The summed E-state index contributed by atoms with van der Waals surface area (Å²) in [5.41, 5.74) is 27.0. The quantitative estimate of drug-likeness (QED) is 0.0893. The molecular formula is C138H91N3S3. The van der Waals surface area contributed by atoms with Crippen molar-refractivity contribution in [3.8, 4) is 77.9 Å². The minimum absolute atomic E-state index is 1.11. The van der Waals surface area contributed by atoms with Crippen LogP contribution in [0.3, 0.4) is 0 Å². The zero-order chi connectivity index (χ0) is 95.3. The summed E-state index contributed by atoms with van der Waals surface area (Å²) in [6, 6.07) is 200. The molecule has 0 atom stereocenters. The summed E-state index contributed by atoms with van der Waals surface area (Å²) >= 11 is 5.64. The molecule has 0 saturated carbocycles. The number of para-hydroxylation sites is 2. The fraction of sp³-hybridized carbons (Fsp3) is 0. The van der Waals surface area contributed by atoms with E-state index >= 15 is 0 Å². The first kappa shape index (κ1) is 86.5. The fourth-order valence-corrected chi connectivity index (χ4v) is 24.6. The van der Waals surface area contributed by atoms with E-state index in [0.717, 1.165) is 51.2 Å². The Morgan fingerprint density at radius 1 is 0.104 bits per heavy atom. The SMILES string of the molecule is c1ccc(-c2ccc(N(c3ccc(-c4ccccc4)cc3)c3cccc(-c4ccc5ccc6ccc7sc8ccccc8c7c6c5c4)c3)cc2)cc1.c1ccc(-c2ccc(N(c3ccccc3)c3ccc(-c4ccc5ccc6ccc7sc8ccccc8c7c6c5c4)cc3)cc2)cc1.c1ccc(-c2ccc(N(c3ccccc3)c3cccc(-c4ccc5ccc6ccc7sc8ccccc8c7c6c5c4)c3)cc2)cc1. The van der Waals surface area contributed by atoms with E-state index in [1.54, 1.807) is 0 Å². The highest BCUT2D eigenvalue weighted by Gasteiger charge is 2.23. The first-order valence-corrected chi connectivity index (χ1v) is 51.6. The van der Waals surface area contributed by atoms with Crippen LogP contribution in [-0.2, 0) is 0 Å². The van der Waals surface area contributed by atoms with Gasteiger partial charge in [0.25, 0.3) is 0 Å². The molecular weight excluding hydrogens is 1800 g/mol. The molecule has 0 radical (unpaired) electrons. The van der Waals surface area contributed by atoms with E-state index in [-0.39, 0.29) is 0 Å². The van der Waals surface area contributed by atoms with Crippen molar-refractivity contribution in [3.05, 3.63) is 552 Å². The van der Waals surface area contributed by atoms with Crippen LogP contribution < -0.4 is 14.7 Å². The van der Waals surface area contributed by atoms with Gasteiger partial charge in [0, 0.05) is 112 Å². The maximum Gasteiger partial charge on any atom is 0.0467 e. The number of hydrogen-bond donors (Lipinski definition) is 0. The molecule has 0 bridgehead atoms. The predicted molar refractivity (Wildman–Crippen MR) is 625 cm³/mol. The molecule has 0 amide bonds. The standard InChI is InChI=1S/C50H33NS.2C44H29NS/c1-3-10-34(11-4-1)36-22-27-42(28-23-36)51(43-29-24-37(25-30-43)35-12-5-2-6-13-35)44-15-9-14-40(32-44)41-21-19-38-18-20-39-26-31-48-50(49(39)46(38)33-41)45-16-7-8-17-47(45)52-48;1-3-10-30(11-4-1)31-22-25-37(26-23-31)45(36-13-5-2-6-14-36)38-15-9-12-34(28-38)35-21-19-32-18-20-33-24-27-42-44(43(33)40(32)29-35)39-16-7-8-17-41(39)46-42;1-3-9-30(10-4-1)31-19-24-37(25-20-31)45(36-11-5-2-6-12-36)38-26-21-32(22-27-38)35-18-16-33-15-17-34-23-28-42-44(43(34)40(33)29-35)39-13-7-8-14-41(39)46-42/h1-33H;2*1-29H. The summed E-state index contributed by atoms with van der Waals surface area (Å²) < 4.78 is 8.02. The Bertz CT molecular complexity index is 9570. The smallest absolute Gasteiger partial charge is 0.0467 e. The van der Waals surface area contributed by atoms with E-state index in [1.807, 2.05) is 34.0 Å². The van der Waals surface area contributed by atoms with Gasteiger partial charge in [0.1, 0.15) is 0 Å². The predicted octanol–water partition coefficient (Wildman–Crippen LogP) is 41.2. The average molecular weight is 1890 g/mol. The molecule has 0 aliphatic carbocycles. The number of hydrogen-bond acceptors (Lipinski definition) is 6. The zero-order valence-corrected chi connectivity index (χ0v) is 81.1. The van der Waals surface area contributed by atoms with Crippen LogP contribution in [0.4, 0.5) is 51.2 Å². The summed E-state index contributed by atoms with van der Waals surface area (Å²) in [6.07, 6.45) is 0. The van der Waals surface area contributed by atoms with Crippen LogP contribution >= 0.6 is 34.0 Å². The highest BCUT2D eigenvalue weighted by Crippen LogP contribution is 2.50. The number of benzene rings is 25. The largest absolute Gasteiger partial charge is 0.311 e. The Morgan fingerprint density at radius 2 is 0.292 bits per heavy atom. The van der Waals surface area contributed by atoms with E-state index in [0.29, 0.717) is 0 Å². The summed E-state index contributed by atoms with van der Waals surface area (Å²) in [6.45, 7) is 0. The summed E-state index contributed by atoms with van der Waals surface area (Å²) in [4.78, 5) is 7.03. The lowest BCUT2D eigenvalue weighted by Crippen LogP contribution is -2.10. The number of anilines is 9. The number of nitrogens with zero attached hydrogens (tertiary/aromatic N) is 3. The third kappa shape index (κ3) is 16.5. The van der Waals surface area contributed by atoms with Crippen molar-refractivity contribution in [1.29, 1.82) is 0 Å². The third-order valence-corrected chi connectivity index (χ3v) is 31.7. The van der Waals surface area contributed by atoms with Crippen molar-refractivity contribution in [3.63, 3.8) is 0 Å². The first-order valence-electron chi connectivity index (χ1n) is 49.1. The van der Waals surface area contributed by atoms with E-state index < -0.39 is 0 Å². The molecule has 0 aliphatic rings. The molecule has 676 valence electrons. The first-order chi connectivity index (χ1) is 71.4. The van der Waals surface area contributed by atoms with Gasteiger partial charge < -0.3 is 14.7 Å². The Hall–Kier alpha value is -17.9. The molecule has 0 N–H and O–H groups in total. The minimum atomic E-state index is 1.11. The average Bonchev–Trinajstić information content (AvgIpc) is 1.55. The third-order valence-electron chi connectivity index (χ3n) is 28.3. The lowest BCUT2D eigenvalue weighted by Gasteiger charge is -2.26. The van der Waals surface area contributed by atoms with Crippen molar-refractivity contribution in [2.75, 3.05) is 14.7 Å². The van der Waals surface area contributed by atoms with Gasteiger partial charge in [0.05, 0.1) is 0 Å². The van der Waals surface area contributed by atoms with Gasteiger partial charge in [-0.05, 0) is 306 Å². The van der Waals surface area contributed by atoms with Crippen LogP contribution in [0.2, 0.25) is 0 Å².